The van der Waals surface area contributed by atoms with Crippen molar-refractivity contribution in [1.29, 1.82) is 0 Å². The highest BCUT2D eigenvalue weighted by molar-refractivity contribution is 8.00. The lowest BCUT2D eigenvalue weighted by Crippen LogP contribution is -1.71. The summed E-state index contributed by atoms with van der Waals surface area (Å²) in [6, 6.07) is 0. The number of nitrogens with zero attached hydrogens (tertiary/aromatic N) is 3. The minimum Gasteiger partial charge on any atom is -0.233 e. The summed E-state index contributed by atoms with van der Waals surface area (Å²) < 4.78 is 5.48. The van der Waals surface area contributed by atoms with Gasteiger partial charge in [-0.25, -0.2) is 9.97 Å². The van der Waals surface area contributed by atoms with E-state index in [9.17, 15) is 0 Å². The molecule has 13 heavy (non-hydrogen) atoms. The predicted octanol–water partition coefficient (Wildman–Crippen LogP) is 2.94. The Bertz CT molecular complexity index is 372. The van der Waals surface area contributed by atoms with E-state index in [1.54, 1.807) is 24.3 Å². The molecule has 0 radical (unpaired) electrons. The maximum absolute atomic E-state index is 5.69. The molecule has 7 heteroatoms. The second-order valence-electron chi connectivity index (χ2n) is 2.08. The van der Waals surface area contributed by atoms with Crippen LogP contribution in [0.15, 0.2) is 16.9 Å². The molecule has 68 valence electrons. The SMILES string of the molecule is Clc1ncc(CSc2ncns2)s1. The van der Waals surface area contributed by atoms with E-state index in [0.717, 1.165) is 15.0 Å². The lowest BCUT2D eigenvalue weighted by atomic mass is 10.6. The van der Waals surface area contributed by atoms with Gasteiger partial charge in [-0.05, 0) is 11.5 Å². The highest BCUT2D eigenvalue weighted by atomic mass is 35.5. The molecule has 0 N–H and O–H groups in total. The average molecular weight is 250 g/mol. The molecular formula is C6H4ClN3S3. The number of thiazole rings is 1. The summed E-state index contributed by atoms with van der Waals surface area (Å²) in [6.07, 6.45) is 3.35. The Morgan fingerprint density at radius 2 is 2.38 bits per heavy atom. The molecule has 0 fully saturated rings. The number of aromatic nitrogens is 3. The van der Waals surface area contributed by atoms with Crippen LogP contribution < -0.4 is 0 Å². The van der Waals surface area contributed by atoms with Crippen molar-refractivity contribution >= 4 is 46.2 Å². The Hall–Kier alpha value is -0.170. The largest absolute Gasteiger partial charge is 0.233 e. The zero-order valence-corrected chi connectivity index (χ0v) is 9.51. The van der Waals surface area contributed by atoms with Gasteiger partial charge >= 0.3 is 0 Å². The van der Waals surface area contributed by atoms with Gasteiger partial charge in [0.25, 0.3) is 0 Å². The molecule has 0 spiro atoms. The van der Waals surface area contributed by atoms with Crippen LogP contribution in [-0.2, 0) is 5.75 Å². The minimum atomic E-state index is 0.591. The van der Waals surface area contributed by atoms with Crippen LogP contribution in [0.1, 0.15) is 4.88 Å². The number of thioether (sulfide) groups is 1. The van der Waals surface area contributed by atoms with Crippen molar-refractivity contribution in [3.8, 4) is 0 Å². The predicted molar refractivity (Wildman–Crippen MR) is 56.6 cm³/mol. The summed E-state index contributed by atoms with van der Waals surface area (Å²) in [5, 5.41) is 0. The first kappa shape index (κ1) is 9.39. The first-order chi connectivity index (χ1) is 6.34. The number of hydrogen-bond acceptors (Lipinski definition) is 6. The molecule has 2 rings (SSSR count). The normalized spacial score (nSPS) is 10.5. The number of rotatable bonds is 3. The molecule has 0 aliphatic carbocycles. The molecule has 0 aromatic carbocycles. The monoisotopic (exact) mass is 249 g/mol. The van der Waals surface area contributed by atoms with Crippen LogP contribution in [0.2, 0.25) is 4.47 Å². The van der Waals surface area contributed by atoms with E-state index >= 15 is 0 Å². The lowest BCUT2D eigenvalue weighted by molar-refractivity contribution is 1.21. The van der Waals surface area contributed by atoms with Crippen LogP contribution in [-0.4, -0.2) is 14.3 Å². The first-order valence-corrected chi connectivity index (χ1v) is 6.29. The van der Waals surface area contributed by atoms with E-state index in [4.69, 9.17) is 11.6 Å². The summed E-state index contributed by atoms with van der Waals surface area (Å²) in [5.41, 5.74) is 0. The third-order valence-corrected chi connectivity index (χ3v) is 4.35. The molecule has 3 nitrogen and oxygen atoms in total. The molecule has 0 aliphatic rings. The Morgan fingerprint density at radius 1 is 1.46 bits per heavy atom. The summed E-state index contributed by atoms with van der Waals surface area (Å²) in [7, 11) is 0. The van der Waals surface area contributed by atoms with Crippen molar-refractivity contribution in [2.45, 2.75) is 10.1 Å². The van der Waals surface area contributed by atoms with Gasteiger partial charge in [0, 0.05) is 16.8 Å². The van der Waals surface area contributed by atoms with Crippen molar-refractivity contribution < 1.29 is 0 Å². The maximum atomic E-state index is 5.69. The van der Waals surface area contributed by atoms with E-state index in [2.05, 4.69) is 14.3 Å². The van der Waals surface area contributed by atoms with Gasteiger partial charge in [0.1, 0.15) is 6.33 Å². The third-order valence-electron chi connectivity index (χ3n) is 1.20. The van der Waals surface area contributed by atoms with E-state index < -0.39 is 0 Å². The van der Waals surface area contributed by atoms with E-state index in [1.165, 1.54) is 22.9 Å². The van der Waals surface area contributed by atoms with Crippen LogP contribution in [0, 0.1) is 0 Å². The highest BCUT2D eigenvalue weighted by Crippen LogP contribution is 2.27. The van der Waals surface area contributed by atoms with Gasteiger partial charge in [-0.1, -0.05) is 23.4 Å². The van der Waals surface area contributed by atoms with Crippen molar-refractivity contribution in [2.24, 2.45) is 0 Å². The van der Waals surface area contributed by atoms with Gasteiger partial charge < -0.3 is 0 Å². The van der Waals surface area contributed by atoms with Crippen LogP contribution in [0.3, 0.4) is 0 Å². The summed E-state index contributed by atoms with van der Waals surface area (Å²) in [5.74, 6) is 0.861. The smallest absolute Gasteiger partial charge is 0.183 e. The molecule has 0 atom stereocenters. The molecule has 2 heterocycles. The van der Waals surface area contributed by atoms with Gasteiger partial charge in [-0.3, -0.25) is 0 Å². The van der Waals surface area contributed by atoms with Gasteiger partial charge in [-0.2, -0.15) is 4.37 Å². The van der Waals surface area contributed by atoms with Gasteiger partial charge in [0.05, 0.1) is 0 Å². The Kier molecular flexibility index (Phi) is 3.15. The molecular weight excluding hydrogens is 246 g/mol. The molecule has 0 saturated heterocycles. The summed E-state index contributed by atoms with van der Waals surface area (Å²) >= 11 is 10.2. The van der Waals surface area contributed by atoms with Crippen molar-refractivity contribution in [2.75, 3.05) is 0 Å². The fraction of sp³-hybridized carbons (Fsp3) is 0.167. The van der Waals surface area contributed by atoms with E-state index in [-0.39, 0.29) is 0 Å². The molecule has 0 amide bonds. The molecule has 0 unspecified atom stereocenters. The lowest BCUT2D eigenvalue weighted by Gasteiger charge is -1.90. The average Bonchev–Trinajstić information content (AvgIpc) is 2.71. The maximum Gasteiger partial charge on any atom is 0.183 e. The molecule has 0 bridgehead atoms. The Labute approximate surface area is 92.4 Å². The van der Waals surface area contributed by atoms with Gasteiger partial charge in [0.15, 0.2) is 8.81 Å². The Balaban J connectivity index is 1.93. The fourth-order valence-corrected chi connectivity index (χ4v) is 3.15. The van der Waals surface area contributed by atoms with Crippen molar-refractivity contribution in [3.63, 3.8) is 0 Å². The first-order valence-electron chi connectivity index (χ1n) is 3.34. The second-order valence-corrected chi connectivity index (χ2v) is 5.78. The van der Waals surface area contributed by atoms with E-state index in [0.29, 0.717) is 4.47 Å². The molecule has 2 aromatic heterocycles. The van der Waals surface area contributed by atoms with Gasteiger partial charge in [0.2, 0.25) is 0 Å². The molecule has 0 aliphatic heterocycles. The van der Waals surface area contributed by atoms with Crippen molar-refractivity contribution in [1.82, 2.24) is 14.3 Å². The van der Waals surface area contributed by atoms with Crippen molar-refractivity contribution in [3.05, 3.63) is 21.9 Å². The quantitative estimate of drug-likeness (QED) is 0.784. The van der Waals surface area contributed by atoms with Crippen LogP contribution in [0.5, 0.6) is 0 Å². The fourth-order valence-electron chi connectivity index (χ4n) is 0.710. The zero-order chi connectivity index (χ0) is 9.10. The topological polar surface area (TPSA) is 38.7 Å². The van der Waals surface area contributed by atoms with Gasteiger partial charge in [-0.15, -0.1) is 11.3 Å². The van der Waals surface area contributed by atoms with Crippen LogP contribution >= 0.6 is 46.2 Å². The summed E-state index contributed by atoms with van der Waals surface area (Å²) in [4.78, 5) is 9.17. The van der Waals surface area contributed by atoms with Crippen LogP contribution in [0.4, 0.5) is 0 Å². The molecule has 0 saturated carbocycles. The highest BCUT2D eigenvalue weighted by Gasteiger charge is 2.02. The summed E-state index contributed by atoms with van der Waals surface area (Å²) in [6.45, 7) is 0. The number of halogens is 1. The van der Waals surface area contributed by atoms with Crippen LogP contribution in [0.25, 0.3) is 0 Å². The minimum absolute atomic E-state index is 0.591. The Morgan fingerprint density at radius 3 is 3.00 bits per heavy atom. The second kappa shape index (κ2) is 4.36. The number of hydrogen-bond donors (Lipinski definition) is 0. The van der Waals surface area contributed by atoms with E-state index in [1.807, 2.05) is 0 Å². The standard InChI is InChI=1S/C6H4ClN3S3/c7-5-8-1-4(12-5)2-11-6-9-3-10-13-6/h1,3H,2H2. The zero-order valence-electron chi connectivity index (χ0n) is 6.31. The molecule has 2 aromatic rings. The third kappa shape index (κ3) is 2.63.